The number of thiophene rings is 1. The molecule has 3 rings (SSSR count). The van der Waals surface area contributed by atoms with Crippen LogP contribution < -0.4 is 5.32 Å². The minimum absolute atomic E-state index is 0.0364. The quantitative estimate of drug-likeness (QED) is 0.587. The summed E-state index contributed by atoms with van der Waals surface area (Å²) < 4.78 is 10.8. The lowest BCUT2D eigenvalue weighted by Gasteiger charge is -2.23. The van der Waals surface area contributed by atoms with Crippen LogP contribution in [0, 0.1) is 11.8 Å². The molecule has 0 radical (unpaired) electrons. The van der Waals surface area contributed by atoms with Crippen LogP contribution in [0.3, 0.4) is 0 Å². The summed E-state index contributed by atoms with van der Waals surface area (Å²) in [5.41, 5.74) is 0.863. The topological polar surface area (TPSA) is 81.7 Å². The number of carbonyl (C=O) groups excluding carboxylic acids is 3. The predicted molar refractivity (Wildman–Crippen MR) is 108 cm³/mol. The maximum Gasteiger partial charge on any atom is 0.341 e. The number of esters is 2. The predicted octanol–water partition coefficient (Wildman–Crippen LogP) is 4.11. The molecule has 0 spiro atoms. The van der Waals surface area contributed by atoms with Gasteiger partial charge in [0.25, 0.3) is 0 Å². The highest BCUT2D eigenvalue weighted by molar-refractivity contribution is 7.17. The van der Waals surface area contributed by atoms with Gasteiger partial charge in [-0.15, -0.1) is 11.3 Å². The van der Waals surface area contributed by atoms with Crippen molar-refractivity contribution < 1.29 is 23.9 Å². The molecule has 7 heteroatoms. The van der Waals surface area contributed by atoms with Gasteiger partial charge >= 0.3 is 11.9 Å². The zero-order valence-electron chi connectivity index (χ0n) is 17.1. The molecule has 6 nitrogen and oxygen atoms in total. The van der Waals surface area contributed by atoms with Crippen LogP contribution in [0.5, 0.6) is 0 Å². The van der Waals surface area contributed by atoms with Gasteiger partial charge in [0.05, 0.1) is 18.1 Å². The van der Waals surface area contributed by atoms with Crippen molar-refractivity contribution in [3.05, 3.63) is 16.0 Å². The molecular weight excluding hydrogens is 378 g/mol. The minimum Gasteiger partial charge on any atom is -0.462 e. The summed E-state index contributed by atoms with van der Waals surface area (Å²) >= 11 is 1.40. The van der Waals surface area contributed by atoms with Gasteiger partial charge in [-0.3, -0.25) is 9.59 Å². The molecule has 1 aromatic heterocycles. The standard InChI is InChI=1S/C21H29NO5S/c1-5-26-20(25)16-14-8-6-7-13(19(24)27-21(2,3)4)11-15(14)28-18(16)22-17(23)12-9-10-12/h12-13H,5-11H2,1-4H3,(H,22,23). The van der Waals surface area contributed by atoms with Crippen LogP contribution in [0.15, 0.2) is 0 Å². The summed E-state index contributed by atoms with van der Waals surface area (Å²) in [4.78, 5) is 38.5. The fraction of sp³-hybridized carbons (Fsp3) is 0.667. The zero-order valence-corrected chi connectivity index (χ0v) is 17.9. The molecule has 1 unspecified atom stereocenters. The molecule has 1 heterocycles. The second kappa shape index (κ2) is 8.23. The number of rotatable bonds is 5. The Hall–Kier alpha value is -1.89. The van der Waals surface area contributed by atoms with E-state index in [0.717, 1.165) is 36.1 Å². The van der Waals surface area contributed by atoms with Gasteiger partial charge in [-0.2, -0.15) is 0 Å². The molecule has 0 aliphatic heterocycles. The van der Waals surface area contributed by atoms with Crippen LogP contribution >= 0.6 is 11.3 Å². The van der Waals surface area contributed by atoms with Crippen molar-refractivity contribution in [1.29, 1.82) is 0 Å². The molecule has 2 aliphatic carbocycles. The maximum atomic E-state index is 12.6. The normalized spacial score (nSPS) is 19.4. The Labute approximate surface area is 170 Å². The smallest absolute Gasteiger partial charge is 0.341 e. The van der Waals surface area contributed by atoms with Crippen molar-refractivity contribution in [2.75, 3.05) is 11.9 Å². The summed E-state index contributed by atoms with van der Waals surface area (Å²) in [7, 11) is 0. The van der Waals surface area contributed by atoms with Crippen molar-refractivity contribution in [2.45, 2.75) is 71.8 Å². The second-order valence-electron chi connectivity index (χ2n) is 8.52. The molecule has 1 amide bonds. The monoisotopic (exact) mass is 407 g/mol. The average molecular weight is 408 g/mol. The number of nitrogens with one attached hydrogen (secondary N) is 1. The van der Waals surface area contributed by atoms with Gasteiger partial charge < -0.3 is 14.8 Å². The van der Waals surface area contributed by atoms with Crippen molar-refractivity contribution >= 4 is 34.2 Å². The molecule has 0 bridgehead atoms. The first-order valence-electron chi connectivity index (χ1n) is 10.0. The van der Waals surface area contributed by atoms with E-state index in [1.807, 2.05) is 20.8 Å². The Morgan fingerprint density at radius 3 is 2.46 bits per heavy atom. The van der Waals surface area contributed by atoms with Crippen LogP contribution in [0.1, 0.15) is 74.2 Å². The van der Waals surface area contributed by atoms with E-state index < -0.39 is 11.6 Å². The molecule has 2 aliphatic rings. The SMILES string of the molecule is CCOC(=O)c1c(NC(=O)C2CC2)sc2c1CCCC(C(=O)OC(C)(C)C)C2. The highest BCUT2D eigenvalue weighted by atomic mass is 32.1. The molecular formula is C21H29NO5S. The Balaban J connectivity index is 1.88. The van der Waals surface area contributed by atoms with Crippen molar-refractivity contribution in [3.63, 3.8) is 0 Å². The summed E-state index contributed by atoms with van der Waals surface area (Å²) in [5.74, 6) is -0.824. The van der Waals surface area contributed by atoms with Gasteiger partial charge in [0.1, 0.15) is 10.6 Å². The van der Waals surface area contributed by atoms with Gasteiger partial charge in [0, 0.05) is 10.8 Å². The van der Waals surface area contributed by atoms with Gasteiger partial charge in [0.15, 0.2) is 0 Å². The molecule has 1 fully saturated rings. The lowest BCUT2D eigenvalue weighted by molar-refractivity contribution is -0.160. The van der Waals surface area contributed by atoms with E-state index in [-0.39, 0.29) is 30.3 Å². The molecule has 1 N–H and O–H groups in total. The fourth-order valence-electron chi connectivity index (χ4n) is 3.45. The molecule has 0 aromatic carbocycles. The van der Waals surface area contributed by atoms with E-state index in [1.54, 1.807) is 6.92 Å². The first kappa shape index (κ1) is 20.8. The first-order valence-corrected chi connectivity index (χ1v) is 10.9. The molecule has 1 saturated carbocycles. The van der Waals surface area contributed by atoms with Gasteiger partial charge in [0.2, 0.25) is 5.91 Å². The Morgan fingerprint density at radius 2 is 1.86 bits per heavy atom. The fourth-order valence-corrected chi connectivity index (χ4v) is 4.76. The van der Waals surface area contributed by atoms with E-state index in [0.29, 0.717) is 23.4 Å². The third-order valence-electron chi connectivity index (χ3n) is 4.91. The third-order valence-corrected chi connectivity index (χ3v) is 6.08. The first-order chi connectivity index (χ1) is 13.2. The molecule has 1 aromatic rings. The van der Waals surface area contributed by atoms with Gasteiger partial charge in [-0.05, 0) is 71.8 Å². The minimum atomic E-state index is -0.527. The van der Waals surface area contributed by atoms with E-state index in [9.17, 15) is 14.4 Å². The number of carbonyl (C=O) groups is 3. The summed E-state index contributed by atoms with van der Waals surface area (Å²) in [6, 6.07) is 0. The zero-order chi connectivity index (χ0) is 20.5. The highest BCUT2D eigenvalue weighted by Gasteiger charge is 2.35. The molecule has 1 atom stereocenters. The number of amides is 1. The molecule has 28 heavy (non-hydrogen) atoms. The van der Waals surface area contributed by atoms with E-state index in [1.165, 1.54) is 11.3 Å². The highest BCUT2D eigenvalue weighted by Crippen LogP contribution is 2.41. The van der Waals surface area contributed by atoms with E-state index in [4.69, 9.17) is 9.47 Å². The van der Waals surface area contributed by atoms with Crippen LogP contribution in [-0.2, 0) is 31.9 Å². The summed E-state index contributed by atoms with van der Waals surface area (Å²) in [6.45, 7) is 7.64. The van der Waals surface area contributed by atoms with Crippen LogP contribution in [-0.4, -0.2) is 30.1 Å². The summed E-state index contributed by atoms with van der Waals surface area (Å²) in [5, 5.41) is 3.49. The van der Waals surface area contributed by atoms with Crippen molar-refractivity contribution in [2.24, 2.45) is 11.8 Å². The number of ether oxygens (including phenoxy) is 2. The van der Waals surface area contributed by atoms with Crippen LogP contribution in [0.2, 0.25) is 0 Å². The Bertz CT molecular complexity index is 772. The number of anilines is 1. The summed E-state index contributed by atoms with van der Waals surface area (Å²) in [6.07, 6.45) is 4.52. The second-order valence-corrected chi connectivity index (χ2v) is 9.62. The van der Waals surface area contributed by atoms with Crippen molar-refractivity contribution in [3.8, 4) is 0 Å². The lowest BCUT2D eigenvalue weighted by Crippen LogP contribution is -2.29. The molecule has 0 saturated heterocycles. The van der Waals surface area contributed by atoms with Gasteiger partial charge in [-0.1, -0.05) is 0 Å². The van der Waals surface area contributed by atoms with Gasteiger partial charge in [-0.25, -0.2) is 4.79 Å². The van der Waals surface area contributed by atoms with E-state index >= 15 is 0 Å². The third kappa shape index (κ3) is 4.93. The Morgan fingerprint density at radius 1 is 1.14 bits per heavy atom. The van der Waals surface area contributed by atoms with Crippen LogP contribution in [0.4, 0.5) is 5.00 Å². The van der Waals surface area contributed by atoms with E-state index in [2.05, 4.69) is 5.32 Å². The maximum absolute atomic E-state index is 12.6. The van der Waals surface area contributed by atoms with Crippen molar-refractivity contribution in [1.82, 2.24) is 0 Å². The number of fused-ring (bicyclic) bond motifs is 1. The lowest BCUT2D eigenvalue weighted by atomic mass is 10.0. The van der Waals surface area contributed by atoms with Crippen LogP contribution in [0.25, 0.3) is 0 Å². The number of hydrogen-bond donors (Lipinski definition) is 1. The Kier molecular flexibility index (Phi) is 6.12. The largest absolute Gasteiger partial charge is 0.462 e. The average Bonchev–Trinajstić information content (AvgIpc) is 3.39. The molecule has 154 valence electrons. The number of hydrogen-bond acceptors (Lipinski definition) is 6.